The first-order valence-corrected chi connectivity index (χ1v) is 9.35. The first-order valence-electron chi connectivity index (χ1n) is 9.35. The number of anilines is 1. The summed E-state index contributed by atoms with van der Waals surface area (Å²) in [6.07, 6.45) is 2.59. The number of β-amino-alcohol motifs (C(OH)–C–C–N with tert-alkyl or cyclic N) is 1. The van der Waals surface area contributed by atoms with E-state index < -0.39 is 5.60 Å². The van der Waals surface area contributed by atoms with Crippen LogP contribution in [0.2, 0.25) is 0 Å². The Labute approximate surface area is 154 Å². The van der Waals surface area contributed by atoms with Gasteiger partial charge < -0.3 is 10.4 Å². The van der Waals surface area contributed by atoms with Gasteiger partial charge in [-0.25, -0.2) is 0 Å². The fraction of sp³-hybridized carbons (Fsp3) is 0.500. The van der Waals surface area contributed by atoms with Crippen molar-refractivity contribution in [1.29, 1.82) is 0 Å². The van der Waals surface area contributed by atoms with Crippen LogP contribution in [0.3, 0.4) is 0 Å². The van der Waals surface area contributed by atoms with Gasteiger partial charge in [0.15, 0.2) is 11.4 Å². The molecule has 0 bridgehead atoms. The van der Waals surface area contributed by atoms with Crippen LogP contribution in [-0.2, 0) is 11.3 Å². The Hall–Kier alpha value is -2.18. The zero-order valence-electron chi connectivity index (χ0n) is 15.5. The van der Waals surface area contributed by atoms with Gasteiger partial charge in [0, 0.05) is 31.4 Å². The molecule has 2 unspecified atom stereocenters. The van der Waals surface area contributed by atoms with Crippen molar-refractivity contribution in [2.75, 3.05) is 18.4 Å². The number of hydrogen-bond acceptors (Lipinski definition) is 4. The Bertz CT molecular complexity index is 730. The van der Waals surface area contributed by atoms with Crippen LogP contribution in [0.15, 0.2) is 36.4 Å². The van der Waals surface area contributed by atoms with Crippen LogP contribution in [0, 0.1) is 0 Å². The number of hydrogen-bond donors (Lipinski definition) is 3. The van der Waals surface area contributed by atoms with Gasteiger partial charge >= 0.3 is 0 Å². The van der Waals surface area contributed by atoms with Crippen LogP contribution in [0.5, 0.6) is 0 Å². The van der Waals surface area contributed by atoms with E-state index in [9.17, 15) is 9.90 Å². The molecule has 1 aromatic carbocycles. The molecule has 0 spiro atoms. The average molecular weight is 356 g/mol. The van der Waals surface area contributed by atoms with Gasteiger partial charge in [0.05, 0.1) is 0 Å². The number of H-pyrrole nitrogens is 1. The molecular formula is C20H28N4O2. The monoisotopic (exact) mass is 356 g/mol. The van der Waals surface area contributed by atoms with E-state index in [0.717, 1.165) is 25.1 Å². The van der Waals surface area contributed by atoms with Crippen molar-refractivity contribution >= 4 is 11.7 Å². The third kappa shape index (κ3) is 4.31. The maximum Gasteiger partial charge on any atom is 0.258 e. The standard InChI is InChI=1S/C20H28N4O2/c1-3-7-15(2)17-12-18(23-22-17)21-19(25)20(26)10-11-24(14-20)13-16-8-5-4-6-9-16/h4-6,8-9,12,15,26H,3,7,10-11,13-14H2,1-2H3,(H2,21,22,23,25). The van der Waals surface area contributed by atoms with Crippen LogP contribution in [-0.4, -0.2) is 44.8 Å². The normalized spacial score (nSPS) is 21.7. The molecule has 1 aliphatic heterocycles. The predicted molar refractivity (Wildman–Crippen MR) is 102 cm³/mol. The number of rotatable bonds is 7. The van der Waals surface area contributed by atoms with Crippen molar-refractivity contribution in [3.63, 3.8) is 0 Å². The highest BCUT2D eigenvalue weighted by atomic mass is 16.3. The topological polar surface area (TPSA) is 81.2 Å². The molecule has 0 radical (unpaired) electrons. The highest BCUT2D eigenvalue weighted by Crippen LogP contribution is 2.25. The summed E-state index contributed by atoms with van der Waals surface area (Å²) in [4.78, 5) is 14.7. The quantitative estimate of drug-likeness (QED) is 0.712. The van der Waals surface area contributed by atoms with Crippen LogP contribution < -0.4 is 5.32 Å². The van der Waals surface area contributed by atoms with Gasteiger partial charge in [-0.3, -0.25) is 14.8 Å². The molecule has 26 heavy (non-hydrogen) atoms. The van der Waals surface area contributed by atoms with E-state index in [2.05, 4.69) is 46.4 Å². The molecule has 3 N–H and O–H groups in total. The number of nitrogens with one attached hydrogen (secondary N) is 2. The van der Waals surface area contributed by atoms with Crippen molar-refractivity contribution in [2.45, 2.75) is 51.2 Å². The molecule has 0 aliphatic carbocycles. The van der Waals surface area contributed by atoms with Crippen molar-refractivity contribution < 1.29 is 9.90 Å². The van der Waals surface area contributed by atoms with Crippen LogP contribution in [0.1, 0.15) is 50.3 Å². The van der Waals surface area contributed by atoms with E-state index in [1.54, 1.807) is 0 Å². The first kappa shape index (κ1) is 18.6. The fourth-order valence-corrected chi connectivity index (χ4v) is 3.51. The third-order valence-electron chi connectivity index (χ3n) is 5.09. The van der Waals surface area contributed by atoms with Crippen LogP contribution in [0.25, 0.3) is 0 Å². The maximum absolute atomic E-state index is 12.6. The number of aliphatic hydroxyl groups is 1. The van der Waals surface area contributed by atoms with Gasteiger partial charge in [-0.15, -0.1) is 0 Å². The Morgan fingerprint density at radius 3 is 2.92 bits per heavy atom. The van der Waals surface area contributed by atoms with Gasteiger partial charge in [0.2, 0.25) is 0 Å². The summed E-state index contributed by atoms with van der Waals surface area (Å²) >= 11 is 0. The minimum Gasteiger partial charge on any atom is -0.379 e. The number of likely N-dealkylation sites (tertiary alicyclic amines) is 1. The molecular weight excluding hydrogens is 328 g/mol. The molecule has 2 atom stereocenters. The molecule has 1 fully saturated rings. The highest BCUT2D eigenvalue weighted by Gasteiger charge is 2.42. The molecule has 1 aliphatic rings. The molecule has 1 aromatic heterocycles. The van der Waals surface area contributed by atoms with Crippen LogP contribution in [0.4, 0.5) is 5.82 Å². The van der Waals surface area contributed by atoms with E-state index >= 15 is 0 Å². The second kappa shape index (κ2) is 8.01. The van der Waals surface area contributed by atoms with Gasteiger partial charge in [0.25, 0.3) is 5.91 Å². The van der Waals surface area contributed by atoms with Gasteiger partial charge in [-0.2, -0.15) is 5.10 Å². The number of nitrogens with zero attached hydrogens (tertiary/aromatic N) is 2. The van der Waals surface area contributed by atoms with Crippen molar-refractivity contribution in [3.05, 3.63) is 47.7 Å². The summed E-state index contributed by atoms with van der Waals surface area (Å²) in [5.74, 6) is 0.464. The minimum absolute atomic E-state index is 0.331. The lowest BCUT2D eigenvalue weighted by molar-refractivity contribution is -0.132. The van der Waals surface area contributed by atoms with E-state index in [0.29, 0.717) is 31.2 Å². The SMILES string of the molecule is CCCC(C)c1cc(NC(=O)C2(O)CCN(Cc3ccccc3)C2)n[nH]1. The van der Waals surface area contributed by atoms with Gasteiger partial charge in [-0.05, 0) is 24.3 Å². The minimum atomic E-state index is -1.37. The number of aromatic nitrogens is 2. The zero-order chi connectivity index (χ0) is 18.6. The number of carbonyl (C=O) groups is 1. The summed E-state index contributed by atoms with van der Waals surface area (Å²) in [6.45, 7) is 6.04. The molecule has 1 amide bonds. The molecule has 6 nitrogen and oxygen atoms in total. The first-order chi connectivity index (χ1) is 12.5. The molecule has 6 heteroatoms. The van der Waals surface area contributed by atoms with E-state index in [4.69, 9.17) is 0 Å². The lowest BCUT2D eigenvalue weighted by atomic mass is 10.0. The van der Waals surface area contributed by atoms with Crippen molar-refractivity contribution in [2.24, 2.45) is 0 Å². The summed E-state index contributed by atoms with van der Waals surface area (Å²) < 4.78 is 0. The average Bonchev–Trinajstić information content (AvgIpc) is 3.24. The molecule has 0 saturated carbocycles. The summed E-state index contributed by atoms with van der Waals surface area (Å²) in [5.41, 5.74) is 0.813. The predicted octanol–water partition coefficient (Wildman–Crippen LogP) is 2.89. The fourth-order valence-electron chi connectivity index (χ4n) is 3.51. The smallest absolute Gasteiger partial charge is 0.258 e. The molecule has 2 aromatic rings. The third-order valence-corrected chi connectivity index (χ3v) is 5.09. The lowest BCUT2D eigenvalue weighted by Crippen LogP contribution is -2.45. The highest BCUT2D eigenvalue weighted by molar-refractivity contribution is 5.96. The largest absolute Gasteiger partial charge is 0.379 e. The van der Waals surface area contributed by atoms with Gasteiger partial charge in [0.1, 0.15) is 0 Å². The number of carbonyl (C=O) groups excluding carboxylic acids is 1. The van der Waals surface area contributed by atoms with E-state index in [-0.39, 0.29) is 5.91 Å². The second-order valence-electron chi connectivity index (χ2n) is 7.33. The summed E-state index contributed by atoms with van der Waals surface area (Å²) in [6, 6.07) is 12.0. The zero-order valence-corrected chi connectivity index (χ0v) is 15.5. The molecule has 1 saturated heterocycles. The second-order valence-corrected chi connectivity index (χ2v) is 7.33. The maximum atomic E-state index is 12.6. The van der Waals surface area contributed by atoms with Gasteiger partial charge in [-0.1, -0.05) is 50.6 Å². The lowest BCUT2D eigenvalue weighted by Gasteiger charge is -2.22. The van der Waals surface area contributed by atoms with Crippen molar-refractivity contribution in [3.8, 4) is 0 Å². The van der Waals surface area contributed by atoms with E-state index in [1.165, 1.54) is 5.56 Å². The number of amides is 1. The number of aromatic amines is 1. The molecule has 2 heterocycles. The summed E-state index contributed by atoms with van der Waals surface area (Å²) in [5, 5.41) is 20.7. The Balaban J connectivity index is 1.57. The summed E-state index contributed by atoms with van der Waals surface area (Å²) in [7, 11) is 0. The molecule has 3 rings (SSSR count). The van der Waals surface area contributed by atoms with Crippen LogP contribution >= 0.6 is 0 Å². The molecule has 140 valence electrons. The number of benzene rings is 1. The Morgan fingerprint density at radius 2 is 2.19 bits per heavy atom. The Kier molecular flexibility index (Phi) is 5.74. The van der Waals surface area contributed by atoms with Crippen molar-refractivity contribution in [1.82, 2.24) is 15.1 Å². The Morgan fingerprint density at radius 1 is 1.42 bits per heavy atom. The van der Waals surface area contributed by atoms with E-state index in [1.807, 2.05) is 24.3 Å².